The van der Waals surface area contributed by atoms with Gasteiger partial charge < -0.3 is 9.64 Å². The van der Waals surface area contributed by atoms with E-state index in [-0.39, 0.29) is 18.6 Å². The average Bonchev–Trinajstić information content (AvgIpc) is 3.25. The minimum absolute atomic E-state index is 0.0259. The molecule has 2 aromatic carbocycles. The highest BCUT2D eigenvalue weighted by atomic mass is 32.1. The monoisotopic (exact) mass is 414 g/mol. The summed E-state index contributed by atoms with van der Waals surface area (Å²) in [5.41, 5.74) is 1.11. The molecule has 2 heterocycles. The van der Waals surface area contributed by atoms with Crippen LogP contribution in [0.2, 0.25) is 0 Å². The van der Waals surface area contributed by atoms with Gasteiger partial charge in [0, 0.05) is 17.5 Å². The molecule has 4 rings (SSSR count). The molecule has 4 nitrogen and oxygen atoms in total. The quantitative estimate of drug-likeness (QED) is 0.575. The molecule has 3 aromatic rings. The van der Waals surface area contributed by atoms with Crippen LogP contribution in [0.25, 0.3) is 11.3 Å². The number of hydrogen-bond acceptors (Lipinski definition) is 4. The van der Waals surface area contributed by atoms with Gasteiger partial charge in [0.05, 0.1) is 11.7 Å². The Morgan fingerprint density at radius 2 is 1.97 bits per heavy atom. The smallest absolute Gasteiger partial charge is 0.261 e. The first kappa shape index (κ1) is 19.5. The van der Waals surface area contributed by atoms with E-state index in [1.165, 1.54) is 17.4 Å². The van der Waals surface area contributed by atoms with E-state index in [1.807, 2.05) is 40.6 Å². The number of hydrogen-bond donors (Lipinski definition) is 0. The van der Waals surface area contributed by atoms with E-state index >= 15 is 0 Å². The fourth-order valence-electron chi connectivity index (χ4n) is 3.46. The van der Waals surface area contributed by atoms with Crippen LogP contribution in [0.4, 0.5) is 8.78 Å². The summed E-state index contributed by atoms with van der Waals surface area (Å²) in [6.07, 6.45) is 2.77. The maximum absolute atomic E-state index is 13.6. The average molecular weight is 414 g/mol. The van der Waals surface area contributed by atoms with Gasteiger partial charge in [0.1, 0.15) is 10.8 Å². The molecule has 0 radical (unpaired) electrons. The molecule has 0 spiro atoms. The number of halogens is 2. The fourth-order valence-corrected chi connectivity index (χ4v) is 4.43. The zero-order chi connectivity index (χ0) is 20.2. The van der Waals surface area contributed by atoms with Crippen molar-refractivity contribution in [3.8, 4) is 17.0 Å². The van der Waals surface area contributed by atoms with Gasteiger partial charge in [-0.2, -0.15) is 0 Å². The number of amides is 1. The number of carbonyl (C=O) groups is 1. The molecule has 29 heavy (non-hydrogen) atoms. The second-order valence-electron chi connectivity index (χ2n) is 6.90. The lowest BCUT2D eigenvalue weighted by Gasteiger charge is -2.34. The van der Waals surface area contributed by atoms with Crippen LogP contribution in [-0.4, -0.2) is 28.9 Å². The second-order valence-corrected chi connectivity index (χ2v) is 7.79. The lowest BCUT2D eigenvalue weighted by molar-refractivity contribution is -0.137. The highest BCUT2D eigenvalue weighted by Crippen LogP contribution is 2.35. The van der Waals surface area contributed by atoms with Gasteiger partial charge in [0.15, 0.2) is 18.2 Å². The molecule has 1 unspecified atom stereocenters. The number of likely N-dealkylation sites (tertiary alicyclic amines) is 1. The summed E-state index contributed by atoms with van der Waals surface area (Å²) in [4.78, 5) is 19.2. The standard InChI is InChI=1S/C22H20F2N2O2S/c23-17-10-9-15(12-18(17)24)19-14-29-22(25-19)20-8-4-5-11-26(20)21(27)13-28-16-6-2-1-3-7-16/h1-3,6-7,9-10,12,14,20H,4-5,8,11,13H2. The third kappa shape index (κ3) is 4.45. The highest BCUT2D eigenvalue weighted by Gasteiger charge is 2.30. The predicted octanol–water partition coefficient (Wildman–Crippen LogP) is 5.22. The van der Waals surface area contributed by atoms with Gasteiger partial charge in [-0.1, -0.05) is 18.2 Å². The van der Waals surface area contributed by atoms with Crippen LogP contribution in [0.1, 0.15) is 30.3 Å². The van der Waals surface area contributed by atoms with E-state index in [9.17, 15) is 13.6 Å². The van der Waals surface area contributed by atoms with Crippen molar-refractivity contribution < 1.29 is 18.3 Å². The van der Waals surface area contributed by atoms with Crippen LogP contribution in [0.15, 0.2) is 53.9 Å². The zero-order valence-corrected chi connectivity index (χ0v) is 16.5. The Labute approximate surface area is 171 Å². The first-order valence-electron chi connectivity index (χ1n) is 9.50. The van der Waals surface area contributed by atoms with Crippen molar-refractivity contribution in [3.63, 3.8) is 0 Å². The molecular weight excluding hydrogens is 394 g/mol. The predicted molar refractivity (Wildman–Crippen MR) is 108 cm³/mol. The molecular formula is C22H20F2N2O2S. The lowest BCUT2D eigenvalue weighted by atomic mass is 10.0. The molecule has 7 heteroatoms. The van der Waals surface area contributed by atoms with Gasteiger partial charge in [-0.3, -0.25) is 4.79 Å². The van der Waals surface area contributed by atoms with Gasteiger partial charge in [0.2, 0.25) is 0 Å². The molecule has 1 saturated heterocycles. The number of carbonyl (C=O) groups excluding carboxylic acids is 1. The maximum atomic E-state index is 13.6. The van der Waals surface area contributed by atoms with E-state index in [2.05, 4.69) is 4.98 Å². The number of para-hydroxylation sites is 1. The van der Waals surface area contributed by atoms with Crippen LogP contribution in [0.3, 0.4) is 0 Å². The van der Waals surface area contributed by atoms with Crippen molar-refractivity contribution in [2.24, 2.45) is 0 Å². The Hall–Kier alpha value is -2.80. The Kier molecular flexibility index (Phi) is 5.85. The minimum Gasteiger partial charge on any atom is -0.484 e. The molecule has 0 bridgehead atoms. The van der Waals surface area contributed by atoms with E-state index < -0.39 is 11.6 Å². The summed E-state index contributed by atoms with van der Waals surface area (Å²) in [5, 5.41) is 2.62. The summed E-state index contributed by atoms with van der Waals surface area (Å²) >= 11 is 1.43. The van der Waals surface area contributed by atoms with Crippen molar-refractivity contribution >= 4 is 17.2 Å². The van der Waals surface area contributed by atoms with E-state index in [4.69, 9.17) is 4.74 Å². The maximum Gasteiger partial charge on any atom is 0.261 e. The molecule has 1 fully saturated rings. The van der Waals surface area contributed by atoms with Crippen molar-refractivity contribution in [2.75, 3.05) is 13.2 Å². The molecule has 0 N–H and O–H groups in total. The van der Waals surface area contributed by atoms with Crippen LogP contribution >= 0.6 is 11.3 Å². The van der Waals surface area contributed by atoms with Crippen LogP contribution < -0.4 is 4.74 Å². The van der Waals surface area contributed by atoms with Gasteiger partial charge in [-0.15, -0.1) is 11.3 Å². The van der Waals surface area contributed by atoms with Gasteiger partial charge in [-0.25, -0.2) is 13.8 Å². The van der Waals surface area contributed by atoms with Gasteiger partial charge in [0.25, 0.3) is 5.91 Å². The van der Waals surface area contributed by atoms with Gasteiger partial charge in [-0.05, 0) is 49.6 Å². The topological polar surface area (TPSA) is 42.4 Å². The summed E-state index contributed by atoms with van der Waals surface area (Å²) in [7, 11) is 0. The Morgan fingerprint density at radius 3 is 2.76 bits per heavy atom. The summed E-state index contributed by atoms with van der Waals surface area (Å²) in [6.45, 7) is 0.629. The highest BCUT2D eigenvalue weighted by molar-refractivity contribution is 7.10. The number of nitrogens with zero attached hydrogens (tertiary/aromatic N) is 2. The second kappa shape index (κ2) is 8.69. The largest absolute Gasteiger partial charge is 0.484 e. The molecule has 150 valence electrons. The zero-order valence-electron chi connectivity index (χ0n) is 15.7. The number of ether oxygens (including phenoxy) is 1. The Bertz CT molecular complexity index is 993. The molecule has 1 aromatic heterocycles. The molecule has 1 aliphatic heterocycles. The third-order valence-corrected chi connectivity index (χ3v) is 5.90. The van der Waals surface area contributed by atoms with Crippen molar-refractivity contribution in [2.45, 2.75) is 25.3 Å². The number of thiazole rings is 1. The number of aromatic nitrogens is 1. The molecule has 1 amide bonds. The third-order valence-electron chi connectivity index (χ3n) is 4.95. The Balaban J connectivity index is 1.49. The van der Waals surface area contributed by atoms with Crippen molar-refractivity contribution in [1.82, 2.24) is 9.88 Å². The van der Waals surface area contributed by atoms with Gasteiger partial charge >= 0.3 is 0 Å². The number of rotatable bonds is 5. The van der Waals surface area contributed by atoms with Crippen LogP contribution in [0, 0.1) is 11.6 Å². The number of piperidine rings is 1. The first-order valence-corrected chi connectivity index (χ1v) is 10.4. The van der Waals surface area contributed by atoms with Crippen molar-refractivity contribution in [3.05, 3.63) is 70.6 Å². The first-order chi connectivity index (χ1) is 14.1. The summed E-state index contributed by atoms with van der Waals surface area (Å²) in [6, 6.07) is 12.9. The van der Waals surface area contributed by atoms with Crippen LogP contribution in [0.5, 0.6) is 5.75 Å². The Morgan fingerprint density at radius 1 is 1.14 bits per heavy atom. The summed E-state index contributed by atoms with van der Waals surface area (Å²) < 4.78 is 32.4. The molecule has 1 aliphatic rings. The van der Waals surface area contributed by atoms with Crippen molar-refractivity contribution in [1.29, 1.82) is 0 Å². The SMILES string of the molecule is O=C(COc1ccccc1)N1CCCCC1c1nc(-c2ccc(F)c(F)c2)cs1. The minimum atomic E-state index is -0.899. The van der Waals surface area contributed by atoms with E-state index in [0.29, 0.717) is 23.6 Å². The fraction of sp³-hybridized carbons (Fsp3) is 0.273. The lowest BCUT2D eigenvalue weighted by Crippen LogP contribution is -2.41. The normalized spacial score (nSPS) is 16.6. The molecule has 0 aliphatic carbocycles. The number of benzene rings is 2. The van der Waals surface area contributed by atoms with E-state index in [0.717, 1.165) is 36.4 Å². The van der Waals surface area contributed by atoms with Crippen LogP contribution in [-0.2, 0) is 4.79 Å². The molecule has 0 saturated carbocycles. The van der Waals surface area contributed by atoms with E-state index in [1.54, 1.807) is 0 Å². The molecule has 1 atom stereocenters. The summed E-state index contributed by atoms with van der Waals surface area (Å²) in [5.74, 6) is -1.20.